The summed E-state index contributed by atoms with van der Waals surface area (Å²) in [4.78, 5) is 11.0. The molecule has 6 heteroatoms. The van der Waals surface area contributed by atoms with E-state index in [9.17, 15) is 13.6 Å². The van der Waals surface area contributed by atoms with E-state index in [1.54, 1.807) is 6.92 Å². The zero-order valence-electron chi connectivity index (χ0n) is 11.0. The minimum Gasteiger partial charge on any atom is -0.487 e. The highest BCUT2D eigenvalue weighted by Crippen LogP contribution is 2.31. The Morgan fingerprint density at radius 3 is 2.57 bits per heavy atom. The molecule has 0 saturated carbocycles. The van der Waals surface area contributed by atoms with Gasteiger partial charge in [0.15, 0.2) is 11.6 Å². The van der Waals surface area contributed by atoms with Crippen molar-refractivity contribution in [3.8, 4) is 5.75 Å². The lowest BCUT2D eigenvalue weighted by Crippen LogP contribution is -2.03. The molecule has 2 aromatic carbocycles. The fraction of sp³-hybridized carbons (Fsp3) is 0.133. The van der Waals surface area contributed by atoms with Gasteiger partial charge in [-0.25, -0.2) is 13.6 Å². The van der Waals surface area contributed by atoms with Crippen molar-refractivity contribution in [2.45, 2.75) is 13.5 Å². The topological polar surface area (TPSA) is 46.5 Å². The van der Waals surface area contributed by atoms with Crippen LogP contribution in [0.25, 0.3) is 0 Å². The van der Waals surface area contributed by atoms with Crippen molar-refractivity contribution in [2.24, 2.45) is 0 Å². The summed E-state index contributed by atoms with van der Waals surface area (Å²) in [6.45, 7) is 1.55. The Labute approximate surface area is 124 Å². The van der Waals surface area contributed by atoms with Gasteiger partial charge in [0.1, 0.15) is 12.4 Å². The maximum absolute atomic E-state index is 13.1. The minimum absolute atomic E-state index is 0.0111. The number of aromatic carboxylic acids is 1. The molecule has 0 atom stereocenters. The summed E-state index contributed by atoms with van der Waals surface area (Å²) in [5.74, 6) is -2.69. The van der Waals surface area contributed by atoms with Crippen LogP contribution in [0.3, 0.4) is 0 Å². The number of benzene rings is 2. The molecule has 0 aliphatic carbocycles. The summed E-state index contributed by atoms with van der Waals surface area (Å²) in [5.41, 5.74) is 0.900. The molecule has 0 spiro atoms. The number of halogens is 3. The first kappa shape index (κ1) is 15.3. The number of ether oxygens (including phenoxy) is 1. The molecule has 3 nitrogen and oxygen atoms in total. The molecule has 0 unspecified atom stereocenters. The molecule has 0 heterocycles. The quantitative estimate of drug-likeness (QED) is 0.920. The highest BCUT2D eigenvalue weighted by Gasteiger charge is 2.14. The largest absolute Gasteiger partial charge is 0.487 e. The van der Waals surface area contributed by atoms with Crippen molar-refractivity contribution in [2.75, 3.05) is 0 Å². The van der Waals surface area contributed by atoms with Crippen LogP contribution in [-0.2, 0) is 6.61 Å². The van der Waals surface area contributed by atoms with Crippen molar-refractivity contribution in [1.82, 2.24) is 0 Å². The number of carboxylic acids is 1. The molecule has 2 aromatic rings. The molecule has 0 aliphatic rings. The van der Waals surface area contributed by atoms with Crippen molar-refractivity contribution in [3.05, 3.63) is 63.7 Å². The molecule has 0 aliphatic heterocycles. The van der Waals surface area contributed by atoms with E-state index in [4.69, 9.17) is 21.4 Å². The molecule has 0 aromatic heterocycles. The lowest BCUT2D eigenvalue weighted by atomic mass is 10.1. The molecule has 0 radical (unpaired) electrons. The van der Waals surface area contributed by atoms with Crippen LogP contribution in [0.15, 0.2) is 30.3 Å². The first-order chi connectivity index (χ1) is 9.90. The number of rotatable bonds is 4. The van der Waals surface area contributed by atoms with E-state index < -0.39 is 17.6 Å². The summed E-state index contributed by atoms with van der Waals surface area (Å²) in [7, 11) is 0. The molecule has 0 saturated heterocycles. The SMILES string of the molecule is Cc1c(C(=O)O)ccc(OCc2ccc(F)c(F)c2)c1Cl. The van der Waals surface area contributed by atoms with E-state index in [2.05, 4.69) is 0 Å². The summed E-state index contributed by atoms with van der Waals surface area (Å²) in [6.07, 6.45) is 0. The third kappa shape index (κ3) is 3.31. The summed E-state index contributed by atoms with van der Waals surface area (Å²) >= 11 is 6.04. The number of carboxylic acid groups (broad SMARTS) is 1. The van der Waals surface area contributed by atoms with Gasteiger partial charge in [-0.15, -0.1) is 0 Å². The van der Waals surface area contributed by atoms with Crippen molar-refractivity contribution in [1.29, 1.82) is 0 Å². The van der Waals surface area contributed by atoms with Gasteiger partial charge in [-0.1, -0.05) is 17.7 Å². The van der Waals surface area contributed by atoms with E-state index >= 15 is 0 Å². The van der Waals surface area contributed by atoms with Gasteiger partial charge >= 0.3 is 5.97 Å². The number of hydrogen-bond donors (Lipinski definition) is 1. The molecular weight excluding hydrogens is 302 g/mol. The van der Waals surface area contributed by atoms with Crippen LogP contribution in [0.2, 0.25) is 5.02 Å². The Hall–Kier alpha value is -2.14. The standard InChI is InChI=1S/C15H11ClF2O3/c1-8-10(15(19)20)3-5-13(14(8)16)21-7-9-2-4-11(17)12(18)6-9/h2-6H,7H2,1H3,(H,19,20). The molecule has 0 fully saturated rings. The maximum Gasteiger partial charge on any atom is 0.336 e. The van der Waals surface area contributed by atoms with E-state index in [0.717, 1.165) is 12.1 Å². The Balaban J connectivity index is 2.18. The fourth-order valence-electron chi connectivity index (χ4n) is 1.79. The first-order valence-electron chi connectivity index (χ1n) is 5.99. The average Bonchev–Trinajstić information content (AvgIpc) is 2.43. The van der Waals surface area contributed by atoms with Crippen LogP contribution in [0.4, 0.5) is 8.78 Å². The van der Waals surface area contributed by atoms with Crippen LogP contribution in [-0.4, -0.2) is 11.1 Å². The Morgan fingerprint density at radius 2 is 1.95 bits per heavy atom. The van der Waals surface area contributed by atoms with Crippen molar-refractivity contribution < 1.29 is 23.4 Å². The van der Waals surface area contributed by atoms with Crippen LogP contribution >= 0.6 is 11.6 Å². The lowest BCUT2D eigenvalue weighted by molar-refractivity contribution is 0.0696. The van der Waals surface area contributed by atoms with E-state index in [1.807, 2.05) is 0 Å². The summed E-state index contributed by atoms with van der Waals surface area (Å²) in [5, 5.41) is 9.15. The first-order valence-corrected chi connectivity index (χ1v) is 6.37. The summed E-state index contributed by atoms with van der Waals surface area (Å²) in [6, 6.07) is 6.24. The van der Waals surface area contributed by atoms with Gasteiger partial charge in [0.25, 0.3) is 0 Å². The molecular formula is C15H11ClF2O3. The van der Waals surface area contributed by atoms with E-state index in [0.29, 0.717) is 11.1 Å². The van der Waals surface area contributed by atoms with Crippen molar-refractivity contribution >= 4 is 17.6 Å². The third-order valence-corrected chi connectivity index (χ3v) is 3.43. The molecule has 110 valence electrons. The van der Waals surface area contributed by atoms with Crippen LogP contribution in [0, 0.1) is 18.6 Å². The highest BCUT2D eigenvalue weighted by molar-refractivity contribution is 6.33. The second kappa shape index (κ2) is 6.10. The predicted octanol–water partition coefficient (Wildman–Crippen LogP) is 4.20. The second-order valence-corrected chi connectivity index (χ2v) is 4.77. The maximum atomic E-state index is 13.1. The second-order valence-electron chi connectivity index (χ2n) is 4.39. The molecule has 0 bridgehead atoms. The normalized spacial score (nSPS) is 10.5. The van der Waals surface area contributed by atoms with Crippen LogP contribution in [0.1, 0.15) is 21.5 Å². The zero-order chi connectivity index (χ0) is 15.6. The Bertz CT molecular complexity index is 702. The van der Waals surface area contributed by atoms with Gasteiger partial charge in [0.05, 0.1) is 10.6 Å². The van der Waals surface area contributed by atoms with Gasteiger partial charge in [-0.2, -0.15) is 0 Å². The zero-order valence-corrected chi connectivity index (χ0v) is 11.7. The van der Waals surface area contributed by atoms with Gasteiger partial charge in [-0.3, -0.25) is 0 Å². The molecule has 21 heavy (non-hydrogen) atoms. The fourth-order valence-corrected chi connectivity index (χ4v) is 2.01. The number of carbonyl (C=O) groups is 1. The van der Waals surface area contributed by atoms with E-state index in [-0.39, 0.29) is 22.9 Å². The monoisotopic (exact) mass is 312 g/mol. The highest BCUT2D eigenvalue weighted by atomic mass is 35.5. The van der Waals surface area contributed by atoms with Crippen LogP contribution < -0.4 is 4.74 Å². The molecule has 1 N–H and O–H groups in total. The summed E-state index contributed by atoms with van der Waals surface area (Å²) < 4.78 is 31.3. The van der Waals surface area contributed by atoms with Gasteiger partial charge < -0.3 is 9.84 Å². The minimum atomic E-state index is -1.08. The predicted molar refractivity (Wildman–Crippen MR) is 73.8 cm³/mol. The Kier molecular flexibility index (Phi) is 4.43. The third-order valence-electron chi connectivity index (χ3n) is 2.96. The average molecular weight is 313 g/mol. The molecule has 2 rings (SSSR count). The number of hydrogen-bond acceptors (Lipinski definition) is 2. The molecule has 0 amide bonds. The smallest absolute Gasteiger partial charge is 0.336 e. The van der Waals surface area contributed by atoms with E-state index in [1.165, 1.54) is 18.2 Å². The van der Waals surface area contributed by atoms with Gasteiger partial charge in [0.2, 0.25) is 0 Å². The van der Waals surface area contributed by atoms with Crippen molar-refractivity contribution in [3.63, 3.8) is 0 Å². The van der Waals surface area contributed by atoms with Gasteiger partial charge in [0, 0.05) is 0 Å². The van der Waals surface area contributed by atoms with Gasteiger partial charge in [-0.05, 0) is 42.3 Å². The van der Waals surface area contributed by atoms with Crippen LogP contribution in [0.5, 0.6) is 5.75 Å². The lowest BCUT2D eigenvalue weighted by Gasteiger charge is -2.11. The Morgan fingerprint density at radius 1 is 1.24 bits per heavy atom.